The normalized spacial score (nSPS) is 14.6. The van der Waals surface area contributed by atoms with Gasteiger partial charge in [-0.3, -0.25) is 14.9 Å². The molecule has 3 aromatic carbocycles. The molecule has 0 spiro atoms. The monoisotopic (exact) mass is 516 g/mol. The van der Waals surface area contributed by atoms with Crippen LogP contribution in [0, 0.1) is 6.92 Å². The fourth-order valence-electron chi connectivity index (χ4n) is 4.43. The Morgan fingerprint density at radius 2 is 1.57 bits per heavy atom. The summed E-state index contributed by atoms with van der Waals surface area (Å²) in [7, 11) is 0. The first kappa shape index (κ1) is 24.6. The Morgan fingerprint density at radius 1 is 0.865 bits per heavy atom. The lowest BCUT2D eigenvalue weighted by atomic mass is 10.1. The molecule has 2 aliphatic rings. The quantitative estimate of drug-likeness (QED) is 0.510. The number of amides is 2. The number of piperazine rings is 1. The van der Waals surface area contributed by atoms with Gasteiger partial charge in [-0.2, -0.15) is 0 Å². The molecule has 0 atom stereocenters. The number of hydrogen-bond donors (Lipinski definition) is 2. The number of hydrogen-bond acceptors (Lipinski definition) is 6. The molecule has 0 saturated carbocycles. The van der Waals surface area contributed by atoms with Gasteiger partial charge in [0, 0.05) is 48.7 Å². The van der Waals surface area contributed by atoms with Gasteiger partial charge in [0.1, 0.15) is 13.2 Å². The highest BCUT2D eigenvalue weighted by molar-refractivity contribution is 7.80. The average molecular weight is 517 g/mol. The number of carbonyl (C=O) groups excluding carboxylic acids is 2. The van der Waals surface area contributed by atoms with E-state index in [4.69, 9.17) is 21.7 Å². The molecule has 0 radical (unpaired) electrons. The van der Waals surface area contributed by atoms with E-state index >= 15 is 0 Å². The topological polar surface area (TPSA) is 83.1 Å². The van der Waals surface area contributed by atoms with Crippen LogP contribution in [-0.4, -0.2) is 61.2 Å². The number of carbonyl (C=O) groups is 2. The molecule has 0 bridgehead atoms. The van der Waals surface area contributed by atoms with E-state index in [1.807, 2.05) is 60.4 Å². The van der Waals surface area contributed by atoms with Crippen molar-refractivity contribution in [3.8, 4) is 11.5 Å². The maximum absolute atomic E-state index is 12.9. The average Bonchev–Trinajstić information content (AvgIpc) is 2.93. The van der Waals surface area contributed by atoms with E-state index < -0.39 is 0 Å². The Hall–Kier alpha value is -4.11. The van der Waals surface area contributed by atoms with E-state index in [0.29, 0.717) is 43.4 Å². The zero-order chi connectivity index (χ0) is 25.8. The number of nitrogens with zero attached hydrogens (tertiary/aromatic N) is 2. The lowest BCUT2D eigenvalue weighted by molar-refractivity contribution is 0.0746. The van der Waals surface area contributed by atoms with Gasteiger partial charge in [0.05, 0.1) is 0 Å². The van der Waals surface area contributed by atoms with Gasteiger partial charge in [0.15, 0.2) is 16.6 Å². The maximum atomic E-state index is 12.9. The first-order valence-corrected chi connectivity index (χ1v) is 12.6. The molecule has 2 heterocycles. The summed E-state index contributed by atoms with van der Waals surface area (Å²) < 4.78 is 11.0. The Kier molecular flexibility index (Phi) is 7.23. The van der Waals surface area contributed by atoms with E-state index in [0.717, 1.165) is 35.6 Å². The summed E-state index contributed by atoms with van der Waals surface area (Å²) in [5.41, 5.74) is 4.04. The molecule has 2 N–H and O–H groups in total. The SMILES string of the molecule is Cc1ccccc1C(=O)N1CCN(c2ccc(NC(=S)NC(=O)c3ccc4c(c3)OCCO4)cc2)CC1. The first-order valence-electron chi connectivity index (χ1n) is 12.2. The molecule has 2 aliphatic heterocycles. The van der Waals surface area contributed by atoms with Gasteiger partial charge < -0.3 is 24.6 Å². The predicted octanol–water partition coefficient (Wildman–Crippen LogP) is 3.86. The van der Waals surface area contributed by atoms with Crippen LogP contribution < -0.4 is 25.0 Å². The summed E-state index contributed by atoms with van der Waals surface area (Å²) >= 11 is 5.33. The zero-order valence-electron chi connectivity index (χ0n) is 20.5. The number of ether oxygens (including phenoxy) is 2. The second-order valence-electron chi connectivity index (χ2n) is 8.91. The third-order valence-corrected chi connectivity index (χ3v) is 6.67. The molecule has 9 heteroatoms. The Balaban J connectivity index is 1.12. The fraction of sp³-hybridized carbons (Fsp3) is 0.250. The highest BCUT2D eigenvalue weighted by atomic mass is 32.1. The number of nitrogens with one attached hydrogen (secondary N) is 2. The van der Waals surface area contributed by atoms with Crippen LogP contribution in [0.5, 0.6) is 11.5 Å². The minimum absolute atomic E-state index is 0.0871. The third-order valence-electron chi connectivity index (χ3n) is 6.46. The van der Waals surface area contributed by atoms with Crippen LogP contribution in [0.15, 0.2) is 66.7 Å². The van der Waals surface area contributed by atoms with Crippen molar-refractivity contribution in [1.82, 2.24) is 10.2 Å². The van der Waals surface area contributed by atoms with Crippen molar-refractivity contribution in [2.24, 2.45) is 0 Å². The Morgan fingerprint density at radius 3 is 2.30 bits per heavy atom. The second-order valence-corrected chi connectivity index (χ2v) is 9.32. The van der Waals surface area contributed by atoms with Crippen LogP contribution in [0.25, 0.3) is 0 Å². The van der Waals surface area contributed by atoms with Crippen LogP contribution in [0.3, 0.4) is 0 Å². The molecule has 1 fully saturated rings. The van der Waals surface area contributed by atoms with E-state index in [9.17, 15) is 9.59 Å². The number of rotatable bonds is 4. The smallest absolute Gasteiger partial charge is 0.257 e. The van der Waals surface area contributed by atoms with E-state index in [1.54, 1.807) is 18.2 Å². The van der Waals surface area contributed by atoms with Crippen LogP contribution in [-0.2, 0) is 0 Å². The van der Waals surface area contributed by atoms with E-state index in [1.165, 1.54) is 0 Å². The van der Waals surface area contributed by atoms with E-state index in [-0.39, 0.29) is 16.9 Å². The second kappa shape index (κ2) is 10.9. The van der Waals surface area contributed by atoms with Gasteiger partial charge >= 0.3 is 0 Å². The number of aryl methyl sites for hydroxylation is 1. The minimum Gasteiger partial charge on any atom is -0.486 e. The minimum atomic E-state index is -0.329. The number of anilines is 2. The van der Waals surface area contributed by atoms with Gasteiger partial charge in [0.25, 0.3) is 11.8 Å². The van der Waals surface area contributed by atoms with Crippen molar-refractivity contribution in [2.45, 2.75) is 6.92 Å². The standard InChI is InChI=1S/C28H28N4O4S/c1-19-4-2-3-5-23(19)27(34)32-14-12-31(13-15-32)22-9-7-21(8-10-22)29-28(37)30-26(33)20-6-11-24-25(18-20)36-17-16-35-24/h2-11,18H,12-17H2,1H3,(H2,29,30,33,37). The van der Waals surface area contributed by atoms with Gasteiger partial charge in [-0.15, -0.1) is 0 Å². The summed E-state index contributed by atoms with van der Waals surface area (Å²) in [4.78, 5) is 29.7. The van der Waals surface area contributed by atoms with Crippen molar-refractivity contribution in [3.63, 3.8) is 0 Å². The Labute approximate surface area is 221 Å². The summed E-state index contributed by atoms with van der Waals surface area (Å²) in [5.74, 6) is 0.935. The van der Waals surface area contributed by atoms with Crippen molar-refractivity contribution in [3.05, 3.63) is 83.4 Å². The van der Waals surface area contributed by atoms with Gasteiger partial charge in [-0.1, -0.05) is 18.2 Å². The molecule has 1 saturated heterocycles. The maximum Gasteiger partial charge on any atom is 0.257 e. The number of fused-ring (bicyclic) bond motifs is 1. The molecule has 190 valence electrons. The highest BCUT2D eigenvalue weighted by Crippen LogP contribution is 2.30. The van der Waals surface area contributed by atoms with Crippen molar-refractivity contribution in [1.29, 1.82) is 0 Å². The summed E-state index contributed by atoms with van der Waals surface area (Å²) in [6, 6.07) is 20.6. The fourth-order valence-corrected chi connectivity index (χ4v) is 4.64. The highest BCUT2D eigenvalue weighted by Gasteiger charge is 2.23. The molecular weight excluding hydrogens is 488 g/mol. The molecular formula is C28H28N4O4S. The molecule has 0 unspecified atom stereocenters. The summed E-state index contributed by atoms with van der Waals surface area (Å²) in [5, 5.41) is 5.96. The largest absolute Gasteiger partial charge is 0.486 e. The molecule has 2 amide bonds. The van der Waals surface area contributed by atoms with E-state index in [2.05, 4.69) is 15.5 Å². The van der Waals surface area contributed by atoms with Crippen LogP contribution >= 0.6 is 12.2 Å². The zero-order valence-corrected chi connectivity index (χ0v) is 21.3. The number of thiocarbonyl (C=S) groups is 1. The molecule has 3 aromatic rings. The molecule has 0 aliphatic carbocycles. The first-order chi connectivity index (χ1) is 18.0. The summed E-state index contributed by atoms with van der Waals surface area (Å²) in [6.45, 7) is 5.77. The van der Waals surface area contributed by atoms with Gasteiger partial charge in [0.2, 0.25) is 0 Å². The molecule has 0 aromatic heterocycles. The lowest BCUT2D eigenvalue weighted by Crippen LogP contribution is -2.48. The molecule has 5 rings (SSSR count). The van der Waals surface area contributed by atoms with Crippen LogP contribution in [0.4, 0.5) is 11.4 Å². The van der Waals surface area contributed by atoms with Gasteiger partial charge in [-0.25, -0.2) is 0 Å². The van der Waals surface area contributed by atoms with Crippen LogP contribution in [0.1, 0.15) is 26.3 Å². The van der Waals surface area contributed by atoms with Crippen molar-refractivity contribution in [2.75, 3.05) is 49.6 Å². The number of benzene rings is 3. The molecule has 8 nitrogen and oxygen atoms in total. The predicted molar refractivity (Wildman–Crippen MR) is 147 cm³/mol. The van der Waals surface area contributed by atoms with Crippen LogP contribution in [0.2, 0.25) is 0 Å². The molecule has 37 heavy (non-hydrogen) atoms. The van der Waals surface area contributed by atoms with Crippen molar-refractivity contribution >= 4 is 40.5 Å². The van der Waals surface area contributed by atoms with Gasteiger partial charge in [-0.05, 0) is 73.2 Å². The van der Waals surface area contributed by atoms with Crippen molar-refractivity contribution < 1.29 is 19.1 Å². The lowest BCUT2D eigenvalue weighted by Gasteiger charge is -2.36. The third kappa shape index (κ3) is 5.67. The summed E-state index contributed by atoms with van der Waals surface area (Å²) in [6.07, 6.45) is 0. The Bertz CT molecular complexity index is 1320.